The second-order valence-corrected chi connectivity index (χ2v) is 4.18. The highest BCUT2D eigenvalue weighted by atomic mass is 16.2. The third-order valence-corrected chi connectivity index (χ3v) is 2.97. The Morgan fingerprint density at radius 1 is 1.33 bits per heavy atom. The molecule has 1 amide bonds. The van der Waals surface area contributed by atoms with Crippen molar-refractivity contribution in [3.63, 3.8) is 0 Å². The molecule has 0 radical (unpaired) electrons. The van der Waals surface area contributed by atoms with E-state index in [4.69, 9.17) is 0 Å². The summed E-state index contributed by atoms with van der Waals surface area (Å²) in [4.78, 5) is 14.1. The normalized spacial score (nSPS) is 12.0. The molecule has 1 aromatic rings. The maximum Gasteiger partial charge on any atom is 0.274 e. The Labute approximate surface area is 109 Å². The van der Waals surface area contributed by atoms with Crippen LogP contribution in [0.3, 0.4) is 0 Å². The fourth-order valence-corrected chi connectivity index (χ4v) is 1.74. The average Bonchev–Trinajstić information content (AvgIpc) is 2.40. The fourth-order valence-electron chi connectivity index (χ4n) is 1.74. The first kappa shape index (κ1) is 14.4. The molecule has 1 N–H and O–H groups in total. The molecule has 0 aliphatic heterocycles. The van der Waals surface area contributed by atoms with Crippen LogP contribution in [0.15, 0.2) is 12.1 Å². The largest absolute Gasteiger partial charge is 0.369 e. The van der Waals surface area contributed by atoms with Crippen LogP contribution in [0, 0.1) is 0 Å². The van der Waals surface area contributed by atoms with Crippen LogP contribution in [0.2, 0.25) is 0 Å². The summed E-state index contributed by atoms with van der Waals surface area (Å²) in [7, 11) is 0. The van der Waals surface area contributed by atoms with Gasteiger partial charge in [-0.15, -0.1) is 10.2 Å². The lowest BCUT2D eigenvalue weighted by Crippen LogP contribution is -2.38. The lowest BCUT2D eigenvalue weighted by Gasteiger charge is -2.26. The highest BCUT2D eigenvalue weighted by molar-refractivity contribution is 5.92. The molecule has 0 saturated heterocycles. The number of carbonyl (C=O) groups is 1. The van der Waals surface area contributed by atoms with E-state index in [0.29, 0.717) is 18.1 Å². The summed E-state index contributed by atoms with van der Waals surface area (Å²) < 4.78 is 0. The zero-order chi connectivity index (χ0) is 13.5. The molecule has 0 bridgehead atoms. The molecule has 0 spiro atoms. The summed E-state index contributed by atoms with van der Waals surface area (Å²) >= 11 is 0. The van der Waals surface area contributed by atoms with Crippen molar-refractivity contribution in [1.29, 1.82) is 0 Å². The number of hydrogen-bond acceptors (Lipinski definition) is 4. The molecule has 0 fully saturated rings. The Bertz CT molecular complexity index is 377. The van der Waals surface area contributed by atoms with Gasteiger partial charge >= 0.3 is 0 Å². The quantitative estimate of drug-likeness (QED) is 0.840. The van der Waals surface area contributed by atoms with Crippen LogP contribution in [0.1, 0.15) is 44.6 Å². The lowest BCUT2D eigenvalue weighted by molar-refractivity contribution is 0.0692. The minimum Gasteiger partial charge on any atom is -0.369 e. The van der Waals surface area contributed by atoms with Gasteiger partial charge in [-0.05, 0) is 39.3 Å². The monoisotopic (exact) mass is 250 g/mol. The van der Waals surface area contributed by atoms with Crippen molar-refractivity contribution >= 4 is 11.7 Å². The maximum atomic E-state index is 12.2. The number of nitrogens with one attached hydrogen (secondary N) is 1. The van der Waals surface area contributed by atoms with Crippen LogP contribution in [0.4, 0.5) is 5.82 Å². The second kappa shape index (κ2) is 6.93. The van der Waals surface area contributed by atoms with E-state index < -0.39 is 0 Å². The summed E-state index contributed by atoms with van der Waals surface area (Å²) in [5.41, 5.74) is 0.402. The lowest BCUT2D eigenvalue weighted by atomic mass is 10.2. The van der Waals surface area contributed by atoms with E-state index in [1.165, 1.54) is 0 Å². The SMILES string of the molecule is CCNc1ccc(C(=O)N(CC)C(C)CC)nn1. The minimum absolute atomic E-state index is 0.0533. The Morgan fingerprint density at radius 3 is 2.50 bits per heavy atom. The zero-order valence-corrected chi connectivity index (χ0v) is 11.6. The van der Waals surface area contributed by atoms with Crippen molar-refractivity contribution in [3.05, 3.63) is 17.8 Å². The first-order valence-electron chi connectivity index (χ1n) is 6.52. The fraction of sp³-hybridized carbons (Fsp3) is 0.615. The smallest absolute Gasteiger partial charge is 0.274 e. The van der Waals surface area contributed by atoms with E-state index in [2.05, 4.69) is 22.4 Å². The molecule has 0 aliphatic carbocycles. The predicted molar refractivity (Wildman–Crippen MR) is 72.7 cm³/mol. The summed E-state index contributed by atoms with van der Waals surface area (Å²) in [6.07, 6.45) is 0.933. The summed E-state index contributed by atoms with van der Waals surface area (Å²) in [6.45, 7) is 9.55. The molecule has 1 rings (SSSR count). The highest BCUT2D eigenvalue weighted by Gasteiger charge is 2.20. The van der Waals surface area contributed by atoms with Gasteiger partial charge in [0.05, 0.1) is 0 Å². The summed E-state index contributed by atoms with van der Waals surface area (Å²) in [5.74, 6) is 0.642. The molecule has 100 valence electrons. The Kier molecular flexibility index (Phi) is 5.55. The van der Waals surface area contributed by atoms with Gasteiger partial charge in [-0.3, -0.25) is 4.79 Å². The third-order valence-electron chi connectivity index (χ3n) is 2.97. The van der Waals surface area contributed by atoms with Gasteiger partial charge in [-0.1, -0.05) is 6.92 Å². The van der Waals surface area contributed by atoms with Gasteiger partial charge in [-0.2, -0.15) is 0 Å². The van der Waals surface area contributed by atoms with Crippen LogP contribution in [-0.2, 0) is 0 Å². The average molecular weight is 250 g/mol. The van der Waals surface area contributed by atoms with Crippen LogP contribution in [0.5, 0.6) is 0 Å². The highest BCUT2D eigenvalue weighted by Crippen LogP contribution is 2.09. The van der Waals surface area contributed by atoms with Crippen LogP contribution >= 0.6 is 0 Å². The van der Waals surface area contributed by atoms with E-state index in [9.17, 15) is 4.79 Å². The molecule has 0 saturated carbocycles. The van der Waals surface area contributed by atoms with Gasteiger partial charge in [0.25, 0.3) is 5.91 Å². The Balaban J connectivity index is 2.82. The topological polar surface area (TPSA) is 58.1 Å². The molecule has 0 aromatic carbocycles. The predicted octanol–water partition coefficient (Wildman–Crippen LogP) is 2.17. The maximum absolute atomic E-state index is 12.2. The number of anilines is 1. The molecule has 5 nitrogen and oxygen atoms in total. The van der Waals surface area contributed by atoms with Gasteiger partial charge in [0.15, 0.2) is 5.69 Å². The summed E-state index contributed by atoms with van der Waals surface area (Å²) in [5, 5.41) is 11.0. The van der Waals surface area contributed by atoms with Gasteiger partial charge in [0.1, 0.15) is 5.82 Å². The number of amides is 1. The van der Waals surface area contributed by atoms with Crippen molar-refractivity contribution in [3.8, 4) is 0 Å². The molecule has 1 aromatic heterocycles. The van der Waals surface area contributed by atoms with Gasteiger partial charge in [-0.25, -0.2) is 0 Å². The number of aromatic nitrogens is 2. The minimum atomic E-state index is -0.0533. The van der Waals surface area contributed by atoms with Crippen molar-refractivity contribution in [2.75, 3.05) is 18.4 Å². The van der Waals surface area contributed by atoms with Crippen LogP contribution < -0.4 is 5.32 Å². The number of carbonyl (C=O) groups excluding carboxylic acids is 1. The Hall–Kier alpha value is -1.65. The molecule has 1 atom stereocenters. The van der Waals surface area contributed by atoms with E-state index in [1.807, 2.05) is 25.7 Å². The van der Waals surface area contributed by atoms with Crippen molar-refractivity contribution in [2.45, 2.75) is 40.2 Å². The van der Waals surface area contributed by atoms with Gasteiger partial charge < -0.3 is 10.2 Å². The molecule has 5 heteroatoms. The molecular weight excluding hydrogens is 228 g/mol. The number of rotatable bonds is 6. The first-order valence-corrected chi connectivity index (χ1v) is 6.52. The third kappa shape index (κ3) is 3.42. The standard InChI is InChI=1S/C13H22N4O/c1-5-10(4)17(7-3)13(18)11-8-9-12(14-6-2)16-15-11/h8-10H,5-7H2,1-4H3,(H,14,16). The van der Waals surface area contributed by atoms with Crippen molar-refractivity contribution < 1.29 is 4.79 Å². The molecule has 1 unspecified atom stereocenters. The van der Waals surface area contributed by atoms with Gasteiger partial charge in [0.2, 0.25) is 0 Å². The molecule has 18 heavy (non-hydrogen) atoms. The van der Waals surface area contributed by atoms with E-state index in [0.717, 1.165) is 13.0 Å². The zero-order valence-electron chi connectivity index (χ0n) is 11.6. The number of hydrogen-bond donors (Lipinski definition) is 1. The number of nitrogens with zero attached hydrogens (tertiary/aromatic N) is 3. The van der Waals surface area contributed by atoms with Crippen molar-refractivity contribution in [2.24, 2.45) is 0 Å². The van der Waals surface area contributed by atoms with E-state index in [1.54, 1.807) is 12.1 Å². The Morgan fingerprint density at radius 2 is 2.06 bits per heavy atom. The first-order chi connectivity index (χ1) is 8.63. The molecular formula is C13H22N4O. The molecule has 1 heterocycles. The molecule has 0 aliphatic rings. The van der Waals surface area contributed by atoms with Crippen molar-refractivity contribution in [1.82, 2.24) is 15.1 Å². The van der Waals surface area contributed by atoms with Crippen LogP contribution in [-0.4, -0.2) is 40.1 Å². The second-order valence-electron chi connectivity index (χ2n) is 4.18. The van der Waals surface area contributed by atoms with Crippen LogP contribution in [0.25, 0.3) is 0 Å². The summed E-state index contributed by atoms with van der Waals surface area (Å²) in [6, 6.07) is 3.73. The van der Waals surface area contributed by atoms with E-state index >= 15 is 0 Å². The van der Waals surface area contributed by atoms with Gasteiger partial charge in [0, 0.05) is 19.1 Å². The van der Waals surface area contributed by atoms with E-state index in [-0.39, 0.29) is 11.9 Å².